The summed E-state index contributed by atoms with van der Waals surface area (Å²) >= 11 is 19.5. The molecule has 0 radical (unpaired) electrons. The molecule has 0 aromatic heterocycles. The molecule has 4 nitrogen and oxygen atoms in total. The normalized spacial score (nSPS) is 16.0. The maximum Gasteiger partial charge on any atom is 0.264 e. The van der Waals surface area contributed by atoms with E-state index in [1.54, 1.807) is 42.5 Å². The molecular formula is C23H15Cl3N2O2S. The van der Waals surface area contributed by atoms with Gasteiger partial charge in [0.1, 0.15) is 12.4 Å². The van der Waals surface area contributed by atoms with Gasteiger partial charge in [-0.25, -0.2) is 4.99 Å². The van der Waals surface area contributed by atoms with Crippen LogP contribution < -0.4 is 10.1 Å². The molecule has 1 aliphatic heterocycles. The van der Waals surface area contributed by atoms with Gasteiger partial charge in [0.15, 0.2) is 5.17 Å². The van der Waals surface area contributed by atoms with Crippen LogP contribution in [0.2, 0.25) is 15.1 Å². The van der Waals surface area contributed by atoms with E-state index in [0.29, 0.717) is 43.2 Å². The number of halogens is 3. The molecule has 31 heavy (non-hydrogen) atoms. The highest BCUT2D eigenvalue weighted by atomic mass is 35.5. The van der Waals surface area contributed by atoms with E-state index in [4.69, 9.17) is 39.5 Å². The number of hydrogen-bond donors (Lipinski definition) is 1. The van der Waals surface area contributed by atoms with E-state index < -0.39 is 0 Å². The molecule has 4 rings (SSSR count). The first-order valence-corrected chi connectivity index (χ1v) is 11.1. The van der Waals surface area contributed by atoms with E-state index in [0.717, 1.165) is 11.1 Å². The summed E-state index contributed by atoms with van der Waals surface area (Å²) in [5.41, 5.74) is 2.43. The van der Waals surface area contributed by atoms with Gasteiger partial charge in [-0.2, -0.15) is 0 Å². The molecule has 0 saturated carbocycles. The molecule has 1 aliphatic rings. The number of rotatable bonds is 5. The maximum absolute atomic E-state index is 12.3. The molecule has 0 spiro atoms. The number of aliphatic imine (C=N–C) groups is 1. The fourth-order valence-electron chi connectivity index (χ4n) is 2.78. The van der Waals surface area contributed by atoms with E-state index in [2.05, 4.69) is 10.3 Å². The number of thioether (sulfide) groups is 1. The monoisotopic (exact) mass is 488 g/mol. The molecule has 0 unspecified atom stereocenters. The summed E-state index contributed by atoms with van der Waals surface area (Å²) in [6.07, 6.45) is 1.76. The van der Waals surface area contributed by atoms with Gasteiger partial charge in [0.25, 0.3) is 5.91 Å². The minimum absolute atomic E-state index is 0.213. The van der Waals surface area contributed by atoms with Crippen LogP contribution in [-0.2, 0) is 11.4 Å². The van der Waals surface area contributed by atoms with Crippen molar-refractivity contribution in [2.24, 2.45) is 4.99 Å². The molecular weight excluding hydrogens is 475 g/mol. The summed E-state index contributed by atoms with van der Waals surface area (Å²) in [6, 6.07) is 19.9. The van der Waals surface area contributed by atoms with Crippen LogP contribution in [0.25, 0.3) is 6.08 Å². The van der Waals surface area contributed by atoms with Crippen LogP contribution in [0.15, 0.2) is 76.6 Å². The highest BCUT2D eigenvalue weighted by molar-refractivity contribution is 8.18. The standard InChI is InChI=1S/C23H15Cl3N2O2S/c24-16-5-7-18(8-6-16)27-23-28-22(29)21(31-23)12-14-4-9-20(19(26)11-14)30-13-15-2-1-3-17(25)10-15/h1-12H,13H2,(H,27,28,29)/b21-12-. The Morgan fingerprint density at radius 3 is 2.52 bits per heavy atom. The average molecular weight is 490 g/mol. The first-order chi connectivity index (χ1) is 15.0. The zero-order valence-electron chi connectivity index (χ0n) is 15.9. The number of benzene rings is 3. The van der Waals surface area contributed by atoms with Crippen LogP contribution in [0, 0.1) is 0 Å². The van der Waals surface area contributed by atoms with Crippen molar-refractivity contribution >= 4 is 69.4 Å². The molecule has 1 N–H and O–H groups in total. The fourth-order valence-corrected chi connectivity index (χ4v) is 4.20. The summed E-state index contributed by atoms with van der Waals surface area (Å²) in [5, 5.41) is 5.00. The molecule has 3 aromatic carbocycles. The molecule has 3 aromatic rings. The second kappa shape index (κ2) is 9.79. The SMILES string of the molecule is O=C1NC(=Nc2ccc(Cl)cc2)S/C1=C\c1ccc(OCc2cccc(Cl)c2)c(Cl)c1. The van der Waals surface area contributed by atoms with Crippen LogP contribution >= 0.6 is 46.6 Å². The summed E-state index contributed by atoms with van der Waals surface area (Å²) in [7, 11) is 0. The second-order valence-corrected chi connectivity index (χ2v) is 8.88. The highest BCUT2D eigenvalue weighted by Gasteiger charge is 2.23. The van der Waals surface area contributed by atoms with Crippen LogP contribution in [-0.4, -0.2) is 11.1 Å². The van der Waals surface area contributed by atoms with Gasteiger partial charge in [0.2, 0.25) is 0 Å². The maximum atomic E-state index is 12.3. The van der Waals surface area contributed by atoms with Crippen LogP contribution in [0.5, 0.6) is 5.75 Å². The van der Waals surface area contributed by atoms with Crippen molar-refractivity contribution in [3.63, 3.8) is 0 Å². The number of amides is 1. The van der Waals surface area contributed by atoms with Gasteiger partial charge in [0, 0.05) is 10.0 Å². The van der Waals surface area contributed by atoms with Crippen molar-refractivity contribution < 1.29 is 9.53 Å². The van der Waals surface area contributed by atoms with Gasteiger partial charge in [-0.05, 0) is 77.5 Å². The van der Waals surface area contributed by atoms with Crippen LogP contribution in [0.1, 0.15) is 11.1 Å². The Kier molecular flexibility index (Phi) is 6.88. The van der Waals surface area contributed by atoms with Gasteiger partial charge < -0.3 is 10.1 Å². The van der Waals surface area contributed by atoms with Gasteiger partial charge >= 0.3 is 0 Å². The Morgan fingerprint density at radius 2 is 1.77 bits per heavy atom. The summed E-state index contributed by atoms with van der Waals surface area (Å²) in [6.45, 7) is 0.351. The van der Waals surface area contributed by atoms with Crippen LogP contribution in [0.3, 0.4) is 0 Å². The zero-order chi connectivity index (χ0) is 21.8. The number of nitrogens with one attached hydrogen (secondary N) is 1. The number of carbonyl (C=O) groups excluding carboxylic acids is 1. The van der Waals surface area contributed by atoms with Crippen LogP contribution in [0.4, 0.5) is 5.69 Å². The molecule has 1 heterocycles. The third kappa shape index (κ3) is 5.83. The van der Waals surface area contributed by atoms with Crippen molar-refractivity contribution in [2.45, 2.75) is 6.61 Å². The lowest BCUT2D eigenvalue weighted by atomic mass is 10.2. The molecule has 8 heteroatoms. The minimum Gasteiger partial charge on any atom is -0.487 e. The zero-order valence-corrected chi connectivity index (χ0v) is 19.0. The quantitative estimate of drug-likeness (QED) is 0.388. The van der Waals surface area contributed by atoms with E-state index in [1.165, 1.54) is 11.8 Å². The summed E-state index contributed by atoms with van der Waals surface area (Å²) < 4.78 is 5.79. The lowest BCUT2D eigenvalue weighted by Crippen LogP contribution is -2.19. The van der Waals surface area contributed by atoms with E-state index in [1.807, 2.05) is 30.3 Å². The summed E-state index contributed by atoms with van der Waals surface area (Å²) in [4.78, 5) is 17.3. The lowest BCUT2D eigenvalue weighted by Gasteiger charge is -2.09. The fraction of sp³-hybridized carbons (Fsp3) is 0.0435. The molecule has 1 fully saturated rings. The average Bonchev–Trinajstić information content (AvgIpc) is 3.08. The number of hydrogen-bond acceptors (Lipinski definition) is 4. The number of ether oxygens (including phenoxy) is 1. The molecule has 0 aliphatic carbocycles. The Labute approximate surface area is 198 Å². The Balaban J connectivity index is 1.45. The largest absolute Gasteiger partial charge is 0.487 e. The smallest absolute Gasteiger partial charge is 0.264 e. The minimum atomic E-state index is -0.213. The third-order valence-corrected chi connectivity index (χ3v) is 5.94. The van der Waals surface area contributed by atoms with Crippen molar-refractivity contribution in [1.29, 1.82) is 0 Å². The number of carbonyl (C=O) groups is 1. The second-order valence-electron chi connectivity index (χ2n) is 6.57. The predicted octanol–water partition coefficient (Wildman–Crippen LogP) is 7.12. The van der Waals surface area contributed by atoms with E-state index in [-0.39, 0.29) is 5.91 Å². The molecule has 0 atom stereocenters. The van der Waals surface area contributed by atoms with Crippen molar-refractivity contribution in [3.05, 3.63) is 97.8 Å². The first-order valence-electron chi connectivity index (χ1n) is 9.18. The van der Waals surface area contributed by atoms with Gasteiger partial charge in [-0.15, -0.1) is 0 Å². The molecule has 1 amide bonds. The molecule has 1 saturated heterocycles. The topological polar surface area (TPSA) is 50.7 Å². The third-order valence-electron chi connectivity index (χ3n) is 4.25. The van der Waals surface area contributed by atoms with Gasteiger partial charge in [-0.3, -0.25) is 4.79 Å². The summed E-state index contributed by atoms with van der Waals surface area (Å²) in [5.74, 6) is 0.340. The number of nitrogens with zero attached hydrogens (tertiary/aromatic N) is 1. The molecule has 0 bridgehead atoms. The lowest BCUT2D eigenvalue weighted by molar-refractivity contribution is -0.115. The van der Waals surface area contributed by atoms with Crippen molar-refractivity contribution in [1.82, 2.24) is 5.32 Å². The predicted molar refractivity (Wildman–Crippen MR) is 129 cm³/mol. The van der Waals surface area contributed by atoms with Crippen molar-refractivity contribution in [2.75, 3.05) is 0 Å². The van der Waals surface area contributed by atoms with E-state index in [9.17, 15) is 4.79 Å². The highest BCUT2D eigenvalue weighted by Crippen LogP contribution is 2.31. The van der Waals surface area contributed by atoms with Crippen molar-refractivity contribution in [3.8, 4) is 5.75 Å². The Bertz CT molecular complexity index is 1190. The number of amidine groups is 1. The Morgan fingerprint density at radius 1 is 0.968 bits per heavy atom. The first kappa shape index (κ1) is 21.8. The van der Waals surface area contributed by atoms with E-state index >= 15 is 0 Å². The molecule has 156 valence electrons. The van der Waals surface area contributed by atoms with Gasteiger partial charge in [-0.1, -0.05) is 53.0 Å². The van der Waals surface area contributed by atoms with Gasteiger partial charge in [0.05, 0.1) is 15.6 Å². The Hall–Kier alpha value is -2.44.